The second kappa shape index (κ2) is 4.96. The van der Waals surface area contributed by atoms with Crippen molar-refractivity contribution in [2.45, 2.75) is 19.4 Å². The molecule has 0 aliphatic heterocycles. The molecule has 0 saturated carbocycles. The molecule has 1 nitrogen and oxygen atoms in total. The molecule has 0 aromatic heterocycles. The Morgan fingerprint density at radius 3 is 2.79 bits per heavy atom. The molecule has 1 aromatic rings. The van der Waals surface area contributed by atoms with Crippen LogP contribution >= 0.6 is 27.5 Å². The first-order valence-electron chi connectivity index (χ1n) is 4.35. The Balaban J connectivity index is 2.90. The number of hydrogen-bond acceptors (Lipinski definition) is 1. The summed E-state index contributed by atoms with van der Waals surface area (Å²) in [6.45, 7) is 5.80. The van der Waals surface area contributed by atoms with Crippen molar-refractivity contribution in [2.75, 3.05) is 0 Å². The van der Waals surface area contributed by atoms with Crippen LogP contribution in [0.3, 0.4) is 0 Å². The zero-order valence-corrected chi connectivity index (χ0v) is 10.4. The van der Waals surface area contributed by atoms with Gasteiger partial charge in [-0.1, -0.05) is 39.2 Å². The van der Waals surface area contributed by atoms with Gasteiger partial charge in [-0.3, -0.25) is 0 Å². The van der Waals surface area contributed by atoms with Gasteiger partial charge in [0.2, 0.25) is 0 Å². The molecule has 0 spiro atoms. The van der Waals surface area contributed by atoms with Crippen molar-refractivity contribution in [3.63, 3.8) is 0 Å². The minimum absolute atomic E-state index is 0.0619. The van der Waals surface area contributed by atoms with Gasteiger partial charge in [0.1, 0.15) is 0 Å². The Labute approximate surface area is 98.1 Å². The van der Waals surface area contributed by atoms with Crippen LogP contribution in [0.1, 0.15) is 24.9 Å². The van der Waals surface area contributed by atoms with Gasteiger partial charge < -0.3 is 5.73 Å². The van der Waals surface area contributed by atoms with Crippen LogP contribution < -0.4 is 5.73 Å². The summed E-state index contributed by atoms with van der Waals surface area (Å²) in [6.07, 6.45) is 0.765. The van der Waals surface area contributed by atoms with E-state index in [1.807, 2.05) is 25.1 Å². The predicted octanol–water partition coefficient (Wildman–Crippen LogP) is 4.07. The standard InChI is InChI=1S/C11H13BrClN/c1-7(2)5-11(14)9-4-3-8(12)6-10(9)13/h3-4,6,11H,1,5,14H2,2H3/t11-/m1/s1. The van der Waals surface area contributed by atoms with Gasteiger partial charge in [0.15, 0.2) is 0 Å². The minimum atomic E-state index is -0.0619. The largest absolute Gasteiger partial charge is 0.324 e. The molecule has 0 saturated heterocycles. The van der Waals surface area contributed by atoms with E-state index in [1.54, 1.807) is 0 Å². The summed E-state index contributed by atoms with van der Waals surface area (Å²) in [5.74, 6) is 0. The van der Waals surface area contributed by atoms with Gasteiger partial charge >= 0.3 is 0 Å². The van der Waals surface area contributed by atoms with Gasteiger partial charge in [0.05, 0.1) is 0 Å². The maximum atomic E-state index is 6.07. The van der Waals surface area contributed by atoms with E-state index in [4.69, 9.17) is 17.3 Å². The summed E-state index contributed by atoms with van der Waals surface area (Å²) < 4.78 is 0.966. The highest BCUT2D eigenvalue weighted by atomic mass is 79.9. The van der Waals surface area contributed by atoms with E-state index in [0.717, 1.165) is 22.0 Å². The molecule has 0 aliphatic rings. The van der Waals surface area contributed by atoms with Crippen LogP contribution in [0.25, 0.3) is 0 Å². The molecule has 1 rings (SSSR count). The van der Waals surface area contributed by atoms with Crippen molar-refractivity contribution in [1.82, 2.24) is 0 Å². The summed E-state index contributed by atoms with van der Waals surface area (Å²) in [7, 11) is 0. The molecule has 0 unspecified atom stereocenters. The van der Waals surface area contributed by atoms with E-state index in [9.17, 15) is 0 Å². The minimum Gasteiger partial charge on any atom is -0.324 e. The van der Waals surface area contributed by atoms with Crippen molar-refractivity contribution in [1.29, 1.82) is 0 Å². The van der Waals surface area contributed by atoms with Crippen molar-refractivity contribution in [3.8, 4) is 0 Å². The van der Waals surface area contributed by atoms with Gasteiger partial charge in [-0.2, -0.15) is 0 Å². The molecule has 1 aromatic carbocycles. The SMILES string of the molecule is C=C(C)C[C@@H](N)c1ccc(Br)cc1Cl. The zero-order valence-electron chi connectivity index (χ0n) is 8.06. The van der Waals surface area contributed by atoms with Crippen molar-refractivity contribution >= 4 is 27.5 Å². The van der Waals surface area contributed by atoms with E-state index in [2.05, 4.69) is 22.5 Å². The van der Waals surface area contributed by atoms with E-state index in [0.29, 0.717) is 5.02 Å². The summed E-state index contributed by atoms with van der Waals surface area (Å²) >= 11 is 9.42. The lowest BCUT2D eigenvalue weighted by atomic mass is 10.0. The lowest BCUT2D eigenvalue weighted by Crippen LogP contribution is -2.10. The number of benzene rings is 1. The van der Waals surface area contributed by atoms with Crippen LogP contribution in [0.2, 0.25) is 5.02 Å². The van der Waals surface area contributed by atoms with E-state index < -0.39 is 0 Å². The number of rotatable bonds is 3. The van der Waals surface area contributed by atoms with Crippen LogP contribution in [0, 0.1) is 0 Å². The Bertz CT molecular complexity index is 349. The first kappa shape index (κ1) is 11.8. The molecular formula is C11H13BrClN. The molecule has 14 heavy (non-hydrogen) atoms. The van der Waals surface area contributed by atoms with E-state index in [-0.39, 0.29) is 6.04 Å². The van der Waals surface area contributed by atoms with Crippen LogP contribution in [0.4, 0.5) is 0 Å². The average Bonchev–Trinajstić information content (AvgIpc) is 2.01. The lowest BCUT2D eigenvalue weighted by molar-refractivity contribution is 0.717. The number of halogens is 2. The molecule has 0 bridgehead atoms. The van der Waals surface area contributed by atoms with Crippen LogP contribution in [-0.4, -0.2) is 0 Å². The van der Waals surface area contributed by atoms with Gasteiger partial charge in [-0.05, 0) is 31.0 Å². The summed E-state index contributed by atoms with van der Waals surface area (Å²) in [5.41, 5.74) is 8.02. The second-order valence-corrected chi connectivity index (χ2v) is 4.76. The van der Waals surface area contributed by atoms with Crippen molar-refractivity contribution in [2.24, 2.45) is 5.73 Å². The molecule has 0 aliphatic carbocycles. The Hall–Kier alpha value is -0.310. The molecule has 76 valence electrons. The molecular weight excluding hydrogens is 261 g/mol. The number of hydrogen-bond donors (Lipinski definition) is 1. The topological polar surface area (TPSA) is 26.0 Å². The van der Waals surface area contributed by atoms with Crippen LogP contribution in [0.5, 0.6) is 0 Å². The Morgan fingerprint density at radius 2 is 2.29 bits per heavy atom. The average molecular weight is 275 g/mol. The molecule has 0 amide bonds. The monoisotopic (exact) mass is 273 g/mol. The summed E-state index contributed by atoms with van der Waals surface area (Å²) in [4.78, 5) is 0. The fraction of sp³-hybridized carbons (Fsp3) is 0.273. The summed E-state index contributed by atoms with van der Waals surface area (Å²) in [5, 5.41) is 0.702. The molecule has 1 atom stereocenters. The van der Waals surface area contributed by atoms with E-state index in [1.165, 1.54) is 0 Å². The van der Waals surface area contributed by atoms with Crippen molar-refractivity contribution in [3.05, 3.63) is 45.4 Å². The molecule has 3 heteroatoms. The molecule has 2 N–H and O–H groups in total. The zero-order chi connectivity index (χ0) is 10.7. The highest BCUT2D eigenvalue weighted by molar-refractivity contribution is 9.10. The first-order valence-corrected chi connectivity index (χ1v) is 5.52. The second-order valence-electron chi connectivity index (χ2n) is 3.43. The first-order chi connectivity index (χ1) is 6.50. The van der Waals surface area contributed by atoms with Gasteiger partial charge in [-0.15, -0.1) is 6.58 Å². The molecule has 0 fully saturated rings. The lowest BCUT2D eigenvalue weighted by Gasteiger charge is -2.13. The Kier molecular flexibility index (Phi) is 4.17. The third-order valence-corrected chi connectivity index (χ3v) is 2.75. The van der Waals surface area contributed by atoms with Gasteiger partial charge in [0.25, 0.3) is 0 Å². The summed E-state index contributed by atoms with van der Waals surface area (Å²) in [6, 6.07) is 5.68. The number of nitrogens with two attached hydrogens (primary N) is 1. The van der Waals surface area contributed by atoms with Gasteiger partial charge in [0, 0.05) is 15.5 Å². The van der Waals surface area contributed by atoms with Gasteiger partial charge in [-0.25, -0.2) is 0 Å². The Morgan fingerprint density at radius 1 is 1.64 bits per heavy atom. The third kappa shape index (κ3) is 3.12. The highest BCUT2D eigenvalue weighted by Crippen LogP contribution is 2.28. The molecule has 0 heterocycles. The fourth-order valence-electron chi connectivity index (χ4n) is 1.29. The normalized spacial score (nSPS) is 12.6. The van der Waals surface area contributed by atoms with Crippen LogP contribution in [0.15, 0.2) is 34.8 Å². The third-order valence-electron chi connectivity index (χ3n) is 1.93. The highest BCUT2D eigenvalue weighted by Gasteiger charge is 2.10. The maximum Gasteiger partial charge on any atom is 0.0465 e. The predicted molar refractivity (Wildman–Crippen MR) is 65.5 cm³/mol. The maximum absolute atomic E-state index is 6.07. The molecule has 0 radical (unpaired) electrons. The van der Waals surface area contributed by atoms with Crippen LogP contribution in [-0.2, 0) is 0 Å². The quantitative estimate of drug-likeness (QED) is 0.826. The van der Waals surface area contributed by atoms with Crippen molar-refractivity contribution < 1.29 is 0 Å². The fourth-order valence-corrected chi connectivity index (χ4v) is 2.10. The van der Waals surface area contributed by atoms with E-state index >= 15 is 0 Å². The smallest absolute Gasteiger partial charge is 0.0465 e.